The van der Waals surface area contributed by atoms with Crippen molar-refractivity contribution < 1.29 is 24.1 Å². The molecule has 5 nitrogen and oxygen atoms in total. The van der Waals surface area contributed by atoms with Gasteiger partial charge >= 0.3 is 5.97 Å². The van der Waals surface area contributed by atoms with E-state index in [0.717, 1.165) is 5.56 Å². The monoisotopic (exact) mass is 324 g/mol. The van der Waals surface area contributed by atoms with E-state index in [2.05, 4.69) is 0 Å². The van der Waals surface area contributed by atoms with Crippen LogP contribution >= 0.6 is 0 Å². The number of benzene rings is 1. The Kier molecular flexibility index (Phi) is 7.36. The van der Waals surface area contributed by atoms with Crippen LogP contribution < -0.4 is 9.47 Å². The largest absolute Gasteiger partial charge is 0.493 e. The van der Waals surface area contributed by atoms with Crippen molar-refractivity contribution in [2.75, 3.05) is 20.8 Å². The zero-order valence-corrected chi connectivity index (χ0v) is 14.7. The number of methoxy groups -OCH3 is 2. The molecule has 1 aromatic carbocycles. The van der Waals surface area contributed by atoms with E-state index in [1.807, 2.05) is 39.0 Å². The van der Waals surface area contributed by atoms with Gasteiger partial charge in [0, 0.05) is 18.9 Å². The third-order valence-corrected chi connectivity index (χ3v) is 3.45. The molecule has 5 heteroatoms. The summed E-state index contributed by atoms with van der Waals surface area (Å²) in [5, 5.41) is 9.63. The number of aliphatic hydroxyl groups excluding tert-OH is 1. The number of rotatable bonds is 8. The van der Waals surface area contributed by atoms with Crippen molar-refractivity contribution in [3.05, 3.63) is 23.8 Å². The van der Waals surface area contributed by atoms with Crippen LogP contribution in [0.4, 0.5) is 0 Å². The molecule has 0 saturated carbocycles. The minimum atomic E-state index is -0.461. The van der Waals surface area contributed by atoms with E-state index in [4.69, 9.17) is 14.2 Å². The van der Waals surface area contributed by atoms with Gasteiger partial charge in [0.2, 0.25) is 0 Å². The van der Waals surface area contributed by atoms with E-state index in [1.165, 1.54) is 0 Å². The summed E-state index contributed by atoms with van der Waals surface area (Å²) in [5.74, 6) is 1.04. The molecule has 0 aliphatic rings. The molecule has 1 N–H and O–H groups in total. The Morgan fingerprint density at radius 3 is 2.35 bits per heavy atom. The molecule has 0 aliphatic heterocycles. The lowest BCUT2D eigenvalue weighted by molar-refractivity contribution is -0.154. The highest BCUT2D eigenvalue weighted by Crippen LogP contribution is 2.32. The van der Waals surface area contributed by atoms with Gasteiger partial charge in [0.25, 0.3) is 0 Å². The Balaban J connectivity index is 2.62. The third-order valence-electron chi connectivity index (χ3n) is 3.45. The third kappa shape index (κ3) is 6.48. The van der Waals surface area contributed by atoms with E-state index in [1.54, 1.807) is 14.2 Å². The second kappa shape index (κ2) is 8.77. The lowest BCUT2D eigenvalue weighted by Gasteiger charge is -2.20. The van der Waals surface area contributed by atoms with E-state index in [9.17, 15) is 9.90 Å². The minimum absolute atomic E-state index is 0.0177. The van der Waals surface area contributed by atoms with Gasteiger partial charge in [0.1, 0.15) is 5.60 Å². The Hall–Kier alpha value is -1.75. The molecule has 1 atom stereocenters. The van der Waals surface area contributed by atoms with Crippen LogP contribution in [-0.4, -0.2) is 37.5 Å². The Labute approximate surface area is 138 Å². The van der Waals surface area contributed by atoms with Gasteiger partial charge in [-0.2, -0.15) is 0 Å². The first-order valence-electron chi connectivity index (χ1n) is 7.85. The lowest BCUT2D eigenvalue weighted by Crippen LogP contribution is -2.23. The van der Waals surface area contributed by atoms with E-state index < -0.39 is 5.60 Å². The SMILES string of the molecule is COc1ccc([C@@H](CO)CCCC(=O)OC(C)(C)C)cc1OC. The van der Waals surface area contributed by atoms with E-state index in [0.29, 0.717) is 30.8 Å². The Bertz CT molecular complexity index is 505. The summed E-state index contributed by atoms with van der Waals surface area (Å²) in [4.78, 5) is 11.7. The molecule has 130 valence electrons. The van der Waals surface area contributed by atoms with Gasteiger partial charge in [0.05, 0.1) is 14.2 Å². The highest BCUT2D eigenvalue weighted by Gasteiger charge is 2.18. The van der Waals surface area contributed by atoms with Crippen LogP contribution in [-0.2, 0) is 9.53 Å². The summed E-state index contributed by atoms with van der Waals surface area (Å²) in [6, 6.07) is 5.60. The normalized spacial score (nSPS) is 12.6. The topological polar surface area (TPSA) is 65.0 Å². The molecular formula is C18H28O5. The van der Waals surface area contributed by atoms with Crippen LogP contribution in [0.3, 0.4) is 0 Å². The summed E-state index contributed by atoms with van der Waals surface area (Å²) in [5.41, 5.74) is 0.505. The van der Waals surface area contributed by atoms with Gasteiger partial charge in [-0.05, 0) is 51.3 Å². The molecule has 0 fully saturated rings. The number of ether oxygens (including phenoxy) is 3. The van der Waals surface area contributed by atoms with Crippen molar-refractivity contribution in [2.24, 2.45) is 0 Å². The highest BCUT2D eigenvalue weighted by atomic mass is 16.6. The van der Waals surface area contributed by atoms with Crippen LogP contribution in [0.1, 0.15) is 51.5 Å². The zero-order valence-electron chi connectivity index (χ0n) is 14.7. The molecule has 0 aliphatic carbocycles. The van der Waals surface area contributed by atoms with Gasteiger partial charge in [-0.25, -0.2) is 0 Å². The summed E-state index contributed by atoms with van der Waals surface area (Å²) in [6.07, 6.45) is 1.71. The zero-order chi connectivity index (χ0) is 17.5. The van der Waals surface area contributed by atoms with Gasteiger partial charge < -0.3 is 19.3 Å². The number of hydrogen-bond donors (Lipinski definition) is 1. The molecule has 0 unspecified atom stereocenters. The molecule has 0 spiro atoms. The van der Waals surface area contributed by atoms with Gasteiger partial charge in [-0.1, -0.05) is 6.07 Å². The van der Waals surface area contributed by atoms with Crippen molar-refractivity contribution in [3.63, 3.8) is 0 Å². The quantitative estimate of drug-likeness (QED) is 0.743. The molecule has 1 rings (SSSR count). The predicted octanol–water partition coefficient (Wildman–Crippen LogP) is 3.29. The Morgan fingerprint density at radius 1 is 1.17 bits per heavy atom. The fourth-order valence-electron chi connectivity index (χ4n) is 2.36. The number of esters is 1. The summed E-state index contributed by atoms with van der Waals surface area (Å²) in [6.45, 7) is 5.57. The molecule has 0 heterocycles. The van der Waals surface area contributed by atoms with Gasteiger partial charge in [-0.15, -0.1) is 0 Å². The summed E-state index contributed by atoms with van der Waals surface area (Å²) >= 11 is 0. The first-order valence-corrected chi connectivity index (χ1v) is 7.85. The van der Waals surface area contributed by atoms with Gasteiger partial charge in [0.15, 0.2) is 11.5 Å². The van der Waals surface area contributed by atoms with Gasteiger partial charge in [-0.3, -0.25) is 4.79 Å². The average Bonchev–Trinajstić information content (AvgIpc) is 2.49. The molecule has 1 aromatic rings. The number of hydrogen-bond acceptors (Lipinski definition) is 5. The second-order valence-corrected chi connectivity index (χ2v) is 6.47. The number of carbonyl (C=O) groups is 1. The average molecular weight is 324 g/mol. The van der Waals surface area contributed by atoms with E-state index in [-0.39, 0.29) is 18.5 Å². The predicted molar refractivity (Wildman–Crippen MR) is 89.1 cm³/mol. The summed E-state index contributed by atoms with van der Waals surface area (Å²) in [7, 11) is 3.17. The molecular weight excluding hydrogens is 296 g/mol. The molecule has 23 heavy (non-hydrogen) atoms. The Morgan fingerprint density at radius 2 is 1.83 bits per heavy atom. The second-order valence-electron chi connectivity index (χ2n) is 6.47. The maximum absolute atomic E-state index is 11.7. The van der Waals surface area contributed by atoms with E-state index >= 15 is 0 Å². The van der Waals surface area contributed by atoms with Crippen molar-refractivity contribution in [2.45, 2.75) is 51.6 Å². The number of aliphatic hydroxyl groups is 1. The standard InChI is InChI=1S/C18H28O5/c1-18(2,3)23-17(20)8-6-7-14(12-19)13-9-10-15(21-4)16(11-13)22-5/h9-11,14,19H,6-8,12H2,1-5H3/t14-/m1/s1. The van der Waals surface area contributed by atoms with Crippen LogP contribution in [0.15, 0.2) is 18.2 Å². The molecule has 0 bridgehead atoms. The number of carbonyl (C=O) groups excluding carboxylic acids is 1. The smallest absolute Gasteiger partial charge is 0.306 e. The van der Waals surface area contributed by atoms with Crippen LogP contribution in [0, 0.1) is 0 Å². The van der Waals surface area contributed by atoms with Crippen LogP contribution in [0.2, 0.25) is 0 Å². The summed E-state index contributed by atoms with van der Waals surface area (Å²) < 4.78 is 15.8. The van der Waals surface area contributed by atoms with Crippen molar-refractivity contribution in [1.82, 2.24) is 0 Å². The van der Waals surface area contributed by atoms with Crippen molar-refractivity contribution in [3.8, 4) is 11.5 Å². The molecule has 0 amide bonds. The van der Waals surface area contributed by atoms with Crippen LogP contribution in [0.25, 0.3) is 0 Å². The molecule has 0 saturated heterocycles. The van der Waals surface area contributed by atoms with Crippen molar-refractivity contribution in [1.29, 1.82) is 0 Å². The molecule has 0 radical (unpaired) electrons. The minimum Gasteiger partial charge on any atom is -0.493 e. The maximum Gasteiger partial charge on any atom is 0.306 e. The fraction of sp³-hybridized carbons (Fsp3) is 0.611. The molecule has 0 aromatic heterocycles. The maximum atomic E-state index is 11.7. The highest BCUT2D eigenvalue weighted by molar-refractivity contribution is 5.69. The van der Waals surface area contributed by atoms with Crippen molar-refractivity contribution >= 4 is 5.97 Å². The van der Waals surface area contributed by atoms with Crippen LogP contribution in [0.5, 0.6) is 11.5 Å². The fourth-order valence-corrected chi connectivity index (χ4v) is 2.36. The first-order chi connectivity index (χ1) is 10.8. The lowest BCUT2D eigenvalue weighted by atomic mass is 9.94. The first kappa shape index (κ1) is 19.3.